The van der Waals surface area contributed by atoms with Crippen LogP contribution in [-0.2, 0) is 16.1 Å². The Morgan fingerprint density at radius 1 is 1.24 bits per heavy atom. The van der Waals surface area contributed by atoms with Crippen molar-refractivity contribution in [3.63, 3.8) is 0 Å². The molecule has 0 saturated carbocycles. The minimum absolute atomic E-state index is 0.102. The standard InChI is InChI=1S/C17H27N5O3/c1-13-9-15(25-19-13)11-20-5-7-21(8-6-20)12-16(23)22-4-2-3-14(10-22)17(18)24/h9,14H,2-8,10-12H2,1H3,(H2,18,24). The lowest BCUT2D eigenvalue weighted by molar-refractivity contribution is -0.136. The summed E-state index contributed by atoms with van der Waals surface area (Å²) < 4.78 is 5.26. The van der Waals surface area contributed by atoms with Gasteiger partial charge in [0.05, 0.1) is 24.7 Å². The smallest absolute Gasteiger partial charge is 0.236 e. The zero-order valence-corrected chi connectivity index (χ0v) is 14.8. The monoisotopic (exact) mass is 349 g/mol. The molecule has 0 bridgehead atoms. The first-order chi connectivity index (χ1) is 12.0. The van der Waals surface area contributed by atoms with Gasteiger partial charge < -0.3 is 15.2 Å². The van der Waals surface area contributed by atoms with E-state index in [-0.39, 0.29) is 17.7 Å². The van der Waals surface area contributed by atoms with Gasteiger partial charge in [0, 0.05) is 45.3 Å². The first kappa shape index (κ1) is 17.9. The molecular weight excluding hydrogens is 322 g/mol. The summed E-state index contributed by atoms with van der Waals surface area (Å²) in [5.41, 5.74) is 6.29. The van der Waals surface area contributed by atoms with Crippen molar-refractivity contribution in [2.24, 2.45) is 11.7 Å². The van der Waals surface area contributed by atoms with E-state index in [2.05, 4.69) is 15.0 Å². The number of piperazine rings is 1. The molecule has 1 aromatic rings. The maximum absolute atomic E-state index is 12.5. The lowest BCUT2D eigenvalue weighted by Gasteiger charge is -2.36. The van der Waals surface area contributed by atoms with E-state index in [1.54, 1.807) is 4.90 Å². The summed E-state index contributed by atoms with van der Waals surface area (Å²) in [6, 6.07) is 1.96. The average molecular weight is 349 g/mol. The fraction of sp³-hybridized carbons (Fsp3) is 0.706. The number of aryl methyl sites for hydroxylation is 1. The van der Waals surface area contributed by atoms with E-state index in [1.807, 2.05) is 13.0 Å². The highest BCUT2D eigenvalue weighted by molar-refractivity contribution is 5.81. The van der Waals surface area contributed by atoms with Crippen molar-refractivity contribution in [3.8, 4) is 0 Å². The number of carbonyl (C=O) groups is 2. The second-order valence-electron chi connectivity index (χ2n) is 7.07. The highest BCUT2D eigenvalue weighted by Crippen LogP contribution is 2.17. The number of nitrogens with zero attached hydrogens (tertiary/aromatic N) is 4. The van der Waals surface area contributed by atoms with Crippen LogP contribution < -0.4 is 5.73 Å². The number of amides is 2. The molecule has 2 amide bonds. The number of piperidine rings is 1. The van der Waals surface area contributed by atoms with Crippen LogP contribution in [0.15, 0.2) is 10.6 Å². The lowest BCUT2D eigenvalue weighted by Crippen LogP contribution is -2.51. The second-order valence-corrected chi connectivity index (χ2v) is 7.07. The van der Waals surface area contributed by atoms with Gasteiger partial charge in [-0.05, 0) is 19.8 Å². The third-order valence-electron chi connectivity index (χ3n) is 5.06. The minimum atomic E-state index is -0.297. The Bertz CT molecular complexity index is 609. The minimum Gasteiger partial charge on any atom is -0.369 e. The summed E-state index contributed by atoms with van der Waals surface area (Å²) in [5.74, 6) is 0.492. The van der Waals surface area contributed by atoms with Gasteiger partial charge in [-0.25, -0.2) is 0 Å². The Hall–Kier alpha value is -1.93. The molecule has 0 aliphatic carbocycles. The maximum atomic E-state index is 12.5. The molecule has 0 radical (unpaired) electrons. The fourth-order valence-electron chi connectivity index (χ4n) is 3.54. The third kappa shape index (κ3) is 4.79. The predicted octanol–water partition coefficient (Wildman–Crippen LogP) is -0.175. The van der Waals surface area contributed by atoms with Crippen LogP contribution in [0, 0.1) is 12.8 Å². The molecule has 2 aliphatic heterocycles. The largest absolute Gasteiger partial charge is 0.369 e. The molecule has 8 nitrogen and oxygen atoms in total. The molecule has 1 atom stereocenters. The Kier molecular flexibility index (Phi) is 5.70. The molecule has 2 aliphatic rings. The molecule has 2 saturated heterocycles. The number of nitrogens with two attached hydrogens (primary N) is 1. The molecule has 3 heterocycles. The molecule has 2 fully saturated rings. The van der Waals surface area contributed by atoms with Crippen molar-refractivity contribution in [2.45, 2.75) is 26.3 Å². The average Bonchev–Trinajstić information content (AvgIpc) is 3.01. The topological polar surface area (TPSA) is 95.9 Å². The number of rotatable bonds is 5. The maximum Gasteiger partial charge on any atom is 0.236 e. The molecule has 1 aromatic heterocycles. The number of primary amides is 1. The Morgan fingerprint density at radius 2 is 1.96 bits per heavy atom. The van der Waals surface area contributed by atoms with Crippen LogP contribution in [-0.4, -0.2) is 77.5 Å². The molecule has 1 unspecified atom stereocenters. The van der Waals surface area contributed by atoms with Gasteiger partial charge in [0.2, 0.25) is 11.8 Å². The van der Waals surface area contributed by atoms with Crippen LogP contribution in [0.25, 0.3) is 0 Å². The van der Waals surface area contributed by atoms with Gasteiger partial charge in [0.25, 0.3) is 0 Å². The van der Waals surface area contributed by atoms with Gasteiger partial charge in [-0.2, -0.15) is 0 Å². The summed E-state index contributed by atoms with van der Waals surface area (Å²) >= 11 is 0. The summed E-state index contributed by atoms with van der Waals surface area (Å²) in [6.45, 7) is 7.80. The van der Waals surface area contributed by atoms with Crippen molar-refractivity contribution in [1.82, 2.24) is 19.9 Å². The van der Waals surface area contributed by atoms with Gasteiger partial charge in [-0.3, -0.25) is 19.4 Å². The normalized spacial score (nSPS) is 22.9. The number of carbonyl (C=O) groups excluding carboxylic acids is 2. The Morgan fingerprint density at radius 3 is 2.60 bits per heavy atom. The van der Waals surface area contributed by atoms with Gasteiger partial charge in [0.15, 0.2) is 5.76 Å². The quantitative estimate of drug-likeness (QED) is 0.793. The second kappa shape index (κ2) is 7.97. The van der Waals surface area contributed by atoms with Crippen LogP contribution in [0.4, 0.5) is 0 Å². The highest BCUT2D eigenvalue weighted by atomic mass is 16.5. The van der Waals surface area contributed by atoms with Gasteiger partial charge in [-0.1, -0.05) is 5.16 Å². The van der Waals surface area contributed by atoms with Crippen molar-refractivity contribution in [3.05, 3.63) is 17.5 Å². The van der Waals surface area contributed by atoms with Gasteiger partial charge >= 0.3 is 0 Å². The summed E-state index contributed by atoms with van der Waals surface area (Å²) in [7, 11) is 0. The molecule has 0 spiro atoms. The van der Waals surface area contributed by atoms with E-state index < -0.39 is 0 Å². The van der Waals surface area contributed by atoms with Gasteiger partial charge in [0.1, 0.15) is 0 Å². The molecule has 2 N–H and O–H groups in total. The van der Waals surface area contributed by atoms with Crippen LogP contribution >= 0.6 is 0 Å². The van der Waals surface area contributed by atoms with Crippen molar-refractivity contribution >= 4 is 11.8 Å². The summed E-state index contributed by atoms with van der Waals surface area (Å²) in [5, 5.41) is 3.91. The molecule has 3 rings (SSSR count). The van der Waals surface area contributed by atoms with E-state index in [4.69, 9.17) is 10.3 Å². The SMILES string of the molecule is Cc1cc(CN2CCN(CC(=O)N3CCCC(C(N)=O)C3)CC2)on1. The van der Waals surface area contributed by atoms with Crippen molar-refractivity contribution in [2.75, 3.05) is 45.8 Å². The van der Waals surface area contributed by atoms with Crippen molar-refractivity contribution in [1.29, 1.82) is 0 Å². The van der Waals surface area contributed by atoms with E-state index in [0.717, 1.165) is 63.6 Å². The Labute approximate surface area is 147 Å². The van der Waals surface area contributed by atoms with Crippen LogP contribution in [0.2, 0.25) is 0 Å². The van der Waals surface area contributed by atoms with Crippen LogP contribution in [0.5, 0.6) is 0 Å². The molecule has 25 heavy (non-hydrogen) atoms. The van der Waals surface area contributed by atoms with E-state index >= 15 is 0 Å². The van der Waals surface area contributed by atoms with Crippen LogP contribution in [0.3, 0.4) is 0 Å². The van der Waals surface area contributed by atoms with E-state index in [9.17, 15) is 9.59 Å². The van der Waals surface area contributed by atoms with E-state index in [1.165, 1.54) is 0 Å². The predicted molar refractivity (Wildman–Crippen MR) is 91.5 cm³/mol. The van der Waals surface area contributed by atoms with Gasteiger partial charge in [-0.15, -0.1) is 0 Å². The highest BCUT2D eigenvalue weighted by Gasteiger charge is 2.28. The molecular formula is C17H27N5O3. The zero-order valence-electron chi connectivity index (χ0n) is 14.8. The number of hydrogen-bond donors (Lipinski definition) is 1. The third-order valence-corrected chi connectivity index (χ3v) is 5.06. The lowest BCUT2D eigenvalue weighted by atomic mass is 9.97. The first-order valence-electron chi connectivity index (χ1n) is 8.95. The van der Waals surface area contributed by atoms with E-state index in [0.29, 0.717) is 13.1 Å². The van der Waals surface area contributed by atoms with Crippen molar-refractivity contribution < 1.29 is 14.1 Å². The number of hydrogen-bond acceptors (Lipinski definition) is 6. The summed E-state index contributed by atoms with van der Waals surface area (Å²) in [6.07, 6.45) is 1.64. The number of likely N-dealkylation sites (tertiary alicyclic amines) is 1. The number of aromatic nitrogens is 1. The first-order valence-corrected chi connectivity index (χ1v) is 8.95. The summed E-state index contributed by atoms with van der Waals surface area (Å²) in [4.78, 5) is 30.1. The molecule has 138 valence electrons. The molecule has 8 heteroatoms. The fourth-order valence-corrected chi connectivity index (χ4v) is 3.54. The Balaban J connectivity index is 1.42. The van der Waals surface area contributed by atoms with Crippen LogP contribution in [0.1, 0.15) is 24.3 Å². The molecule has 0 aromatic carbocycles. The zero-order chi connectivity index (χ0) is 17.8.